The fraction of sp³-hybridized carbons (Fsp3) is 0.450. The lowest BCUT2D eigenvalue weighted by Crippen LogP contribution is -2.48. The van der Waals surface area contributed by atoms with Crippen LogP contribution in [0.2, 0.25) is 0 Å². The molecule has 29 heavy (non-hydrogen) atoms. The summed E-state index contributed by atoms with van der Waals surface area (Å²) in [4.78, 5) is 63.6. The third-order valence-electron chi connectivity index (χ3n) is 5.25. The topological polar surface area (TPSA) is 116 Å². The summed E-state index contributed by atoms with van der Waals surface area (Å²) in [5, 5.41) is 5.05. The summed E-state index contributed by atoms with van der Waals surface area (Å²) in [6.45, 7) is 2.02. The van der Waals surface area contributed by atoms with Crippen molar-refractivity contribution in [2.24, 2.45) is 0 Å². The first-order valence-electron chi connectivity index (χ1n) is 9.58. The van der Waals surface area contributed by atoms with Gasteiger partial charge in [-0.25, -0.2) is 0 Å². The van der Waals surface area contributed by atoms with Crippen molar-refractivity contribution in [2.75, 3.05) is 26.7 Å². The average Bonchev–Trinajstić information content (AvgIpc) is 3.28. The van der Waals surface area contributed by atoms with Gasteiger partial charge in [0.1, 0.15) is 6.04 Å². The quantitative estimate of drug-likeness (QED) is 0.644. The van der Waals surface area contributed by atoms with Crippen LogP contribution in [0.15, 0.2) is 18.2 Å². The van der Waals surface area contributed by atoms with Gasteiger partial charge in [-0.2, -0.15) is 0 Å². The number of nitrogens with zero attached hydrogens (tertiary/aromatic N) is 2. The molecule has 0 aliphatic carbocycles. The average molecular weight is 400 g/mol. The highest BCUT2D eigenvalue weighted by molar-refractivity contribution is 6.21. The predicted octanol–water partition coefficient (Wildman–Crippen LogP) is -0.166. The lowest BCUT2D eigenvalue weighted by atomic mass is 10.1. The molecule has 1 atom stereocenters. The number of nitrogens with one attached hydrogen (secondary N) is 2. The number of benzene rings is 1. The van der Waals surface area contributed by atoms with E-state index in [0.717, 1.165) is 16.9 Å². The van der Waals surface area contributed by atoms with Gasteiger partial charge < -0.3 is 15.5 Å². The van der Waals surface area contributed by atoms with Crippen LogP contribution in [0.4, 0.5) is 0 Å². The molecular weight excluding hydrogens is 376 g/mol. The van der Waals surface area contributed by atoms with Gasteiger partial charge in [-0.15, -0.1) is 0 Å². The molecule has 5 amide bonds. The first-order valence-corrected chi connectivity index (χ1v) is 9.58. The number of amides is 5. The Bertz CT molecular complexity index is 882. The third kappa shape index (κ3) is 4.13. The molecular formula is C20H24N4O5. The zero-order valence-electron chi connectivity index (χ0n) is 16.5. The molecule has 0 aromatic heterocycles. The minimum atomic E-state index is -0.508. The first-order chi connectivity index (χ1) is 13.8. The predicted molar refractivity (Wildman–Crippen MR) is 103 cm³/mol. The molecule has 3 rings (SSSR count). The lowest BCUT2D eigenvalue weighted by molar-refractivity contribution is -0.138. The summed E-state index contributed by atoms with van der Waals surface area (Å²) in [6, 6.07) is 4.53. The monoisotopic (exact) mass is 400 g/mol. The van der Waals surface area contributed by atoms with Crippen molar-refractivity contribution in [3.8, 4) is 0 Å². The van der Waals surface area contributed by atoms with E-state index in [1.807, 2.05) is 6.92 Å². The van der Waals surface area contributed by atoms with Crippen molar-refractivity contribution in [3.63, 3.8) is 0 Å². The van der Waals surface area contributed by atoms with Crippen molar-refractivity contribution in [1.29, 1.82) is 0 Å². The molecule has 2 heterocycles. The molecule has 9 heteroatoms. The maximum Gasteiger partial charge on any atom is 0.261 e. The number of fused-ring (bicyclic) bond motifs is 1. The van der Waals surface area contributed by atoms with E-state index in [-0.39, 0.29) is 31.3 Å². The second-order valence-corrected chi connectivity index (χ2v) is 7.20. The second kappa shape index (κ2) is 8.42. The fourth-order valence-corrected chi connectivity index (χ4v) is 3.69. The third-order valence-corrected chi connectivity index (χ3v) is 5.25. The summed E-state index contributed by atoms with van der Waals surface area (Å²) in [7, 11) is 1.52. The van der Waals surface area contributed by atoms with Crippen LogP contribution in [-0.4, -0.2) is 72.1 Å². The standard InChI is InChI=1S/C20H24N4O5/c1-12-5-6-13-14(10-12)20(29)24(19(13)28)9-7-16(25)22-11-17(26)23-8-3-4-15(23)18(27)21-2/h5-6,10,15H,3-4,7-9,11H2,1-2H3,(H,21,27)(H,22,25). The van der Waals surface area contributed by atoms with Crippen LogP contribution in [0.5, 0.6) is 0 Å². The second-order valence-electron chi connectivity index (χ2n) is 7.20. The van der Waals surface area contributed by atoms with Gasteiger partial charge in [0.05, 0.1) is 17.7 Å². The van der Waals surface area contributed by atoms with Crippen molar-refractivity contribution in [3.05, 3.63) is 34.9 Å². The number of hydrogen-bond donors (Lipinski definition) is 2. The molecule has 1 saturated heterocycles. The normalized spacial score (nSPS) is 18.1. The van der Waals surface area contributed by atoms with Crippen LogP contribution >= 0.6 is 0 Å². The Morgan fingerprint density at radius 2 is 1.86 bits per heavy atom. The summed E-state index contributed by atoms with van der Waals surface area (Å²) in [6.07, 6.45) is 1.23. The number of likely N-dealkylation sites (tertiary alicyclic amines) is 1. The summed E-state index contributed by atoms with van der Waals surface area (Å²) in [5.74, 6) is -1.83. The Labute approximate surface area is 168 Å². The molecule has 1 aromatic rings. The number of aryl methyl sites for hydroxylation is 1. The highest BCUT2D eigenvalue weighted by atomic mass is 16.2. The summed E-state index contributed by atoms with van der Waals surface area (Å²) < 4.78 is 0. The largest absolute Gasteiger partial charge is 0.357 e. The smallest absolute Gasteiger partial charge is 0.261 e. The Morgan fingerprint density at radius 1 is 1.14 bits per heavy atom. The Hall–Kier alpha value is -3.23. The van der Waals surface area contributed by atoms with Crippen LogP contribution in [-0.2, 0) is 14.4 Å². The molecule has 2 aliphatic rings. The van der Waals surface area contributed by atoms with E-state index in [0.29, 0.717) is 24.1 Å². The lowest BCUT2D eigenvalue weighted by Gasteiger charge is -2.23. The molecule has 0 radical (unpaired) electrons. The molecule has 2 aliphatic heterocycles. The van der Waals surface area contributed by atoms with Crippen LogP contribution in [0.25, 0.3) is 0 Å². The van der Waals surface area contributed by atoms with Crippen LogP contribution in [0, 0.1) is 6.92 Å². The summed E-state index contributed by atoms with van der Waals surface area (Å²) >= 11 is 0. The van der Waals surface area contributed by atoms with Gasteiger partial charge in [-0.1, -0.05) is 11.6 Å². The van der Waals surface area contributed by atoms with Gasteiger partial charge in [0.25, 0.3) is 11.8 Å². The first kappa shape index (κ1) is 20.5. The van der Waals surface area contributed by atoms with Crippen LogP contribution < -0.4 is 10.6 Å². The molecule has 0 spiro atoms. The van der Waals surface area contributed by atoms with Crippen LogP contribution in [0.3, 0.4) is 0 Å². The number of hydrogen-bond acceptors (Lipinski definition) is 5. The Morgan fingerprint density at radius 3 is 2.59 bits per heavy atom. The van der Waals surface area contributed by atoms with Gasteiger partial charge in [-0.3, -0.25) is 28.9 Å². The van der Waals surface area contributed by atoms with Gasteiger partial charge in [-0.05, 0) is 31.9 Å². The van der Waals surface area contributed by atoms with Gasteiger partial charge in [0.2, 0.25) is 17.7 Å². The highest BCUT2D eigenvalue weighted by Gasteiger charge is 2.36. The maximum absolute atomic E-state index is 12.4. The van der Waals surface area contributed by atoms with E-state index in [2.05, 4.69) is 10.6 Å². The fourth-order valence-electron chi connectivity index (χ4n) is 3.69. The van der Waals surface area contributed by atoms with Crippen LogP contribution in [0.1, 0.15) is 45.5 Å². The SMILES string of the molecule is CNC(=O)C1CCCN1C(=O)CNC(=O)CCN1C(=O)c2ccc(C)cc2C1=O. The molecule has 1 unspecified atom stereocenters. The zero-order chi connectivity index (χ0) is 21.1. The van der Waals surface area contributed by atoms with E-state index < -0.39 is 23.8 Å². The van der Waals surface area contributed by atoms with E-state index in [1.165, 1.54) is 11.9 Å². The minimum Gasteiger partial charge on any atom is -0.357 e. The number of rotatable bonds is 6. The highest BCUT2D eigenvalue weighted by Crippen LogP contribution is 2.24. The molecule has 0 saturated carbocycles. The number of carbonyl (C=O) groups is 5. The van der Waals surface area contributed by atoms with Gasteiger partial charge >= 0.3 is 0 Å². The molecule has 2 N–H and O–H groups in total. The Balaban J connectivity index is 1.49. The van der Waals surface area contributed by atoms with Crippen molar-refractivity contribution >= 4 is 29.5 Å². The molecule has 0 bridgehead atoms. The van der Waals surface area contributed by atoms with E-state index in [9.17, 15) is 24.0 Å². The van der Waals surface area contributed by atoms with E-state index in [4.69, 9.17) is 0 Å². The zero-order valence-corrected chi connectivity index (χ0v) is 16.5. The van der Waals surface area contributed by atoms with Gasteiger partial charge in [0, 0.05) is 26.6 Å². The number of imide groups is 1. The van der Waals surface area contributed by atoms with Crippen molar-refractivity contribution in [2.45, 2.75) is 32.2 Å². The molecule has 1 fully saturated rings. The van der Waals surface area contributed by atoms with Gasteiger partial charge in [0.15, 0.2) is 0 Å². The Kier molecular flexibility index (Phi) is 5.95. The minimum absolute atomic E-state index is 0.0595. The van der Waals surface area contributed by atoms with E-state index >= 15 is 0 Å². The molecule has 1 aromatic carbocycles. The summed E-state index contributed by atoms with van der Waals surface area (Å²) in [5.41, 5.74) is 1.56. The van der Waals surface area contributed by atoms with Crippen molar-refractivity contribution in [1.82, 2.24) is 20.4 Å². The molecule has 154 valence electrons. The number of likely N-dealkylation sites (N-methyl/N-ethyl adjacent to an activating group) is 1. The number of carbonyl (C=O) groups excluding carboxylic acids is 5. The maximum atomic E-state index is 12.4. The molecule has 9 nitrogen and oxygen atoms in total. The van der Waals surface area contributed by atoms with E-state index in [1.54, 1.807) is 18.2 Å². The van der Waals surface area contributed by atoms with Crippen molar-refractivity contribution < 1.29 is 24.0 Å².